The molecule has 0 aromatic heterocycles. The van der Waals surface area contributed by atoms with E-state index in [-0.39, 0.29) is 18.2 Å². The Morgan fingerprint density at radius 1 is 0.973 bits per heavy atom. The summed E-state index contributed by atoms with van der Waals surface area (Å²) in [6, 6.07) is 20.7. The Labute approximate surface area is 218 Å². The van der Waals surface area contributed by atoms with Gasteiger partial charge in [0, 0.05) is 6.04 Å². The van der Waals surface area contributed by atoms with Crippen LogP contribution in [0.3, 0.4) is 0 Å². The lowest BCUT2D eigenvalue weighted by Gasteiger charge is -2.37. The van der Waals surface area contributed by atoms with Crippen LogP contribution < -0.4 is 0 Å². The maximum atomic E-state index is 13.3. The van der Waals surface area contributed by atoms with Crippen LogP contribution in [0.25, 0.3) is 11.1 Å². The van der Waals surface area contributed by atoms with Crippen molar-refractivity contribution in [3.05, 3.63) is 94.5 Å². The molecule has 3 aromatic carbocycles. The van der Waals surface area contributed by atoms with Gasteiger partial charge in [0.1, 0.15) is 5.60 Å². The summed E-state index contributed by atoms with van der Waals surface area (Å²) in [5.41, 5.74) is 5.81. The number of aliphatic hydroxyl groups excluding tert-OH is 1. The highest BCUT2D eigenvalue weighted by atomic mass is 16.6. The van der Waals surface area contributed by atoms with E-state index in [2.05, 4.69) is 18.2 Å². The quantitative estimate of drug-likeness (QED) is 0.421. The van der Waals surface area contributed by atoms with Crippen LogP contribution in [0.5, 0.6) is 0 Å². The van der Waals surface area contributed by atoms with Crippen LogP contribution in [0.2, 0.25) is 0 Å². The van der Waals surface area contributed by atoms with Crippen LogP contribution in [0.15, 0.2) is 66.7 Å². The van der Waals surface area contributed by atoms with Gasteiger partial charge in [-0.3, -0.25) is 0 Å². The number of carbonyl (C=O) groups is 2. The van der Waals surface area contributed by atoms with E-state index in [4.69, 9.17) is 4.74 Å². The van der Waals surface area contributed by atoms with Crippen molar-refractivity contribution in [3.63, 3.8) is 0 Å². The van der Waals surface area contributed by atoms with Crippen LogP contribution in [0.4, 0.5) is 4.79 Å². The average molecular weight is 502 g/mol. The van der Waals surface area contributed by atoms with Crippen molar-refractivity contribution in [2.45, 2.75) is 64.7 Å². The Morgan fingerprint density at radius 2 is 1.62 bits per heavy atom. The van der Waals surface area contributed by atoms with Gasteiger partial charge in [-0.15, -0.1) is 0 Å². The summed E-state index contributed by atoms with van der Waals surface area (Å²) in [7, 11) is 0. The number of ether oxygens (including phenoxy) is 1. The number of fused-ring (bicyclic) bond motifs is 1. The molecule has 6 heteroatoms. The van der Waals surface area contributed by atoms with Crippen LogP contribution in [0.1, 0.15) is 65.9 Å². The van der Waals surface area contributed by atoms with E-state index in [1.807, 2.05) is 64.1 Å². The molecular formula is C31H35NO5. The molecule has 4 rings (SSSR count). The van der Waals surface area contributed by atoms with Crippen molar-refractivity contribution in [2.75, 3.05) is 6.54 Å². The third-order valence-corrected chi connectivity index (χ3v) is 6.77. The number of hydrogen-bond donors (Lipinski definition) is 2. The van der Waals surface area contributed by atoms with Crippen molar-refractivity contribution in [1.29, 1.82) is 0 Å². The summed E-state index contributed by atoms with van der Waals surface area (Å²) in [6.45, 7) is 7.68. The van der Waals surface area contributed by atoms with Gasteiger partial charge in [0.2, 0.25) is 0 Å². The van der Waals surface area contributed by atoms with Gasteiger partial charge in [0.25, 0.3) is 0 Å². The molecule has 0 aliphatic heterocycles. The van der Waals surface area contributed by atoms with E-state index in [0.29, 0.717) is 6.42 Å². The molecule has 1 aliphatic carbocycles. The highest BCUT2D eigenvalue weighted by molar-refractivity contribution is 5.88. The van der Waals surface area contributed by atoms with Crippen molar-refractivity contribution in [2.24, 2.45) is 0 Å². The third-order valence-electron chi connectivity index (χ3n) is 6.77. The first-order valence-electron chi connectivity index (χ1n) is 12.7. The molecule has 6 nitrogen and oxygen atoms in total. The molecule has 0 unspecified atom stereocenters. The second kappa shape index (κ2) is 10.8. The molecule has 0 fully saturated rings. The minimum Gasteiger partial charge on any atom is -0.478 e. The third kappa shape index (κ3) is 6.57. The normalized spacial score (nSPS) is 16.0. The number of amides is 1. The summed E-state index contributed by atoms with van der Waals surface area (Å²) >= 11 is 0. The summed E-state index contributed by atoms with van der Waals surface area (Å²) in [5, 5.41) is 20.2. The van der Waals surface area contributed by atoms with Gasteiger partial charge in [-0.05, 0) is 86.9 Å². The molecule has 194 valence electrons. The lowest BCUT2D eigenvalue weighted by Crippen LogP contribution is -2.47. The minimum atomic E-state index is -0.949. The lowest BCUT2D eigenvalue weighted by atomic mass is 9.85. The number of aryl methyl sites for hydroxylation is 2. The van der Waals surface area contributed by atoms with E-state index >= 15 is 0 Å². The van der Waals surface area contributed by atoms with Gasteiger partial charge >= 0.3 is 12.1 Å². The van der Waals surface area contributed by atoms with Crippen LogP contribution in [-0.4, -0.2) is 45.4 Å². The fourth-order valence-electron chi connectivity index (χ4n) is 4.76. The number of carboxylic acids is 1. The van der Waals surface area contributed by atoms with E-state index in [0.717, 1.165) is 40.7 Å². The standard InChI is InChI=1S/C31H35NO5/c1-20-5-7-23(8-6-20)28(33)19-32(30(36)37-31(2,3)4)27-16-15-22-11-14-25(17-26(22)18-27)21-9-12-24(13-10-21)29(34)35/h5-14,17,27-28,33H,15-16,18-19H2,1-4H3,(H,34,35)/t27-,28+/m0/s1. The van der Waals surface area contributed by atoms with Gasteiger partial charge < -0.3 is 19.8 Å². The molecule has 0 heterocycles. The summed E-state index contributed by atoms with van der Waals surface area (Å²) < 4.78 is 5.75. The van der Waals surface area contributed by atoms with Crippen molar-refractivity contribution < 1.29 is 24.5 Å². The topological polar surface area (TPSA) is 87.1 Å². The molecule has 2 N–H and O–H groups in total. The number of aromatic carboxylic acids is 1. The molecule has 3 aromatic rings. The molecule has 1 amide bonds. The van der Waals surface area contributed by atoms with Gasteiger partial charge in [-0.1, -0.05) is 60.2 Å². The molecule has 2 atom stereocenters. The number of carbonyl (C=O) groups excluding carboxylic acids is 1. The molecule has 0 saturated carbocycles. The molecular weight excluding hydrogens is 466 g/mol. The predicted molar refractivity (Wildman–Crippen MR) is 144 cm³/mol. The highest BCUT2D eigenvalue weighted by Crippen LogP contribution is 2.31. The van der Waals surface area contributed by atoms with Crippen LogP contribution >= 0.6 is 0 Å². The van der Waals surface area contributed by atoms with Crippen LogP contribution in [0, 0.1) is 6.92 Å². The van der Waals surface area contributed by atoms with Gasteiger partial charge in [0.15, 0.2) is 0 Å². The number of nitrogens with zero attached hydrogens (tertiary/aromatic N) is 1. The second-order valence-electron chi connectivity index (χ2n) is 10.8. The first kappa shape index (κ1) is 26.4. The molecule has 0 saturated heterocycles. The maximum absolute atomic E-state index is 13.3. The minimum absolute atomic E-state index is 0.118. The van der Waals surface area contributed by atoms with Crippen molar-refractivity contribution in [1.82, 2.24) is 4.90 Å². The predicted octanol–water partition coefficient (Wildman–Crippen LogP) is 6.19. The SMILES string of the molecule is Cc1ccc([C@H](O)CN(C(=O)OC(C)(C)C)[C@H]2CCc3ccc(-c4ccc(C(=O)O)cc4)cc3C2)cc1. The largest absolute Gasteiger partial charge is 0.478 e. The summed E-state index contributed by atoms with van der Waals surface area (Å²) in [6.07, 6.45) is 0.995. The number of aliphatic hydroxyl groups is 1. The smallest absolute Gasteiger partial charge is 0.410 e. The zero-order chi connectivity index (χ0) is 26.7. The fraction of sp³-hybridized carbons (Fsp3) is 0.355. The zero-order valence-electron chi connectivity index (χ0n) is 21.9. The van der Waals surface area contributed by atoms with E-state index in [9.17, 15) is 19.8 Å². The lowest BCUT2D eigenvalue weighted by molar-refractivity contribution is 0.00194. The number of carboxylic acid groups (broad SMARTS) is 1. The molecule has 0 bridgehead atoms. The number of hydrogen-bond acceptors (Lipinski definition) is 4. The molecule has 1 aliphatic rings. The fourth-order valence-corrected chi connectivity index (χ4v) is 4.76. The first-order chi connectivity index (χ1) is 17.5. The van der Waals surface area contributed by atoms with Gasteiger partial charge in [-0.2, -0.15) is 0 Å². The maximum Gasteiger partial charge on any atom is 0.410 e. The highest BCUT2D eigenvalue weighted by Gasteiger charge is 2.33. The van der Waals surface area contributed by atoms with E-state index < -0.39 is 23.8 Å². The van der Waals surface area contributed by atoms with E-state index in [1.54, 1.807) is 17.0 Å². The number of benzene rings is 3. The Morgan fingerprint density at radius 3 is 2.24 bits per heavy atom. The zero-order valence-corrected chi connectivity index (χ0v) is 21.9. The Kier molecular flexibility index (Phi) is 7.69. The average Bonchev–Trinajstić information content (AvgIpc) is 2.86. The molecule has 37 heavy (non-hydrogen) atoms. The molecule has 0 spiro atoms. The van der Waals surface area contributed by atoms with Gasteiger partial charge in [0.05, 0.1) is 18.2 Å². The Balaban J connectivity index is 1.58. The van der Waals surface area contributed by atoms with Crippen LogP contribution in [-0.2, 0) is 17.6 Å². The monoisotopic (exact) mass is 501 g/mol. The molecule has 0 radical (unpaired) electrons. The Bertz CT molecular complexity index is 1260. The van der Waals surface area contributed by atoms with Crippen molar-refractivity contribution >= 4 is 12.1 Å². The van der Waals surface area contributed by atoms with Gasteiger partial charge in [-0.25, -0.2) is 9.59 Å². The van der Waals surface area contributed by atoms with Crippen molar-refractivity contribution in [3.8, 4) is 11.1 Å². The second-order valence-corrected chi connectivity index (χ2v) is 10.8. The Hall–Kier alpha value is -3.64. The number of rotatable bonds is 6. The van der Waals surface area contributed by atoms with E-state index in [1.165, 1.54) is 5.56 Å². The summed E-state index contributed by atoms with van der Waals surface area (Å²) in [4.78, 5) is 26.2. The summed E-state index contributed by atoms with van der Waals surface area (Å²) in [5.74, 6) is -0.949. The first-order valence-corrected chi connectivity index (χ1v) is 12.7.